The van der Waals surface area contributed by atoms with Gasteiger partial charge in [-0.1, -0.05) is 0 Å². The predicted molar refractivity (Wildman–Crippen MR) is 96.8 cm³/mol. The van der Waals surface area contributed by atoms with Crippen LogP contribution in [0, 0.1) is 11.8 Å². The number of nitrogens with zero attached hydrogens (tertiary/aromatic N) is 2. The topological polar surface area (TPSA) is 69.7 Å². The molecule has 6 heteroatoms. The van der Waals surface area contributed by atoms with E-state index < -0.39 is 0 Å². The fraction of sp³-hybridized carbons (Fsp3) is 0.550. The molecule has 1 N–H and O–H groups in total. The van der Waals surface area contributed by atoms with Crippen molar-refractivity contribution in [3.63, 3.8) is 0 Å². The highest BCUT2D eigenvalue weighted by atomic mass is 16.2. The van der Waals surface area contributed by atoms with Gasteiger partial charge in [-0.3, -0.25) is 14.4 Å². The van der Waals surface area contributed by atoms with Crippen molar-refractivity contribution in [2.24, 2.45) is 11.8 Å². The van der Waals surface area contributed by atoms with Gasteiger partial charge >= 0.3 is 0 Å². The molecule has 136 valence electrons. The van der Waals surface area contributed by atoms with Crippen LogP contribution < -0.4 is 15.1 Å². The minimum Gasteiger partial charge on any atom is -0.353 e. The summed E-state index contributed by atoms with van der Waals surface area (Å²) in [5.41, 5.74) is 2.95. The van der Waals surface area contributed by atoms with Gasteiger partial charge < -0.3 is 15.1 Å². The highest BCUT2D eigenvalue weighted by Gasteiger charge is 2.39. The predicted octanol–water partition coefficient (Wildman–Crippen LogP) is 1.62. The minimum atomic E-state index is -0.260. The molecular weight excluding hydrogens is 330 g/mol. The van der Waals surface area contributed by atoms with Crippen molar-refractivity contribution in [2.75, 3.05) is 22.9 Å². The molecule has 2 heterocycles. The van der Waals surface area contributed by atoms with Crippen LogP contribution in [0.4, 0.5) is 11.4 Å². The summed E-state index contributed by atoms with van der Waals surface area (Å²) < 4.78 is 0. The molecule has 1 aromatic carbocycles. The number of fused-ring (bicyclic) bond motifs is 1. The Balaban J connectivity index is 1.32. The highest BCUT2D eigenvalue weighted by Crippen LogP contribution is 2.38. The van der Waals surface area contributed by atoms with Gasteiger partial charge in [-0.25, -0.2) is 0 Å². The van der Waals surface area contributed by atoms with Crippen LogP contribution in [-0.2, 0) is 20.8 Å². The van der Waals surface area contributed by atoms with Crippen LogP contribution in [0.2, 0.25) is 0 Å². The zero-order chi connectivity index (χ0) is 17.8. The number of hydrogen-bond acceptors (Lipinski definition) is 3. The van der Waals surface area contributed by atoms with E-state index in [1.165, 1.54) is 0 Å². The molecule has 2 saturated carbocycles. The van der Waals surface area contributed by atoms with E-state index in [1.54, 1.807) is 4.90 Å². The van der Waals surface area contributed by atoms with Crippen molar-refractivity contribution < 1.29 is 14.4 Å². The zero-order valence-corrected chi connectivity index (χ0v) is 14.7. The van der Waals surface area contributed by atoms with Crippen LogP contribution in [0.3, 0.4) is 0 Å². The summed E-state index contributed by atoms with van der Waals surface area (Å²) in [6.45, 7) is 1.18. The molecule has 3 amide bonds. The smallest absolute Gasteiger partial charge is 0.230 e. The van der Waals surface area contributed by atoms with Crippen molar-refractivity contribution in [2.45, 2.75) is 44.6 Å². The molecular formula is C20H23N3O3. The summed E-state index contributed by atoms with van der Waals surface area (Å²) in [7, 11) is 0. The SMILES string of the molecule is O=C(NC1CC1)[C@H]1CC(=O)N(c2ccc3c(c2)CCN3C(=O)C2CC2)C1. The van der Waals surface area contributed by atoms with E-state index in [0.29, 0.717) is 12.6 Å². The summed E-state index contributed by atoms with van der Waals surface area (Å²) in [4.78, 5) is 40.7. The second-order valence-corrected chi connectivity index (χ2v) is 8.02. The monoisotopic (exact) mass is 353 g/mol. The Hall–Kier alpha value is -2.37. The van der Waals surface area contributed by atoms with E-state index >= 15 is 0 Å². The molecule has 2 aliphatic heterocycles. The number of carbonyl (C=O) groups excluding carboxylic acids is 3. The van der Waals surface area contributed by atoms with Gasteiger partial charge in [-0.2, -0.15) is 0 Å². The molecule has 0 radical (unpaired) electrons. The molecule has 5 rings (SSSR count). The number of benzene rings is 1. The summed E-state index contributed by atoms with van der Waals surface area (Å²) in [5, 5.41) is 3.00. The fourth-order valence-electron chi connectivity index (χ4n) is 4.02. The number of hydrogen-bond donors (Lipinski definition) is 1. The number of carbonyl (C=O) groups is 3. The molecule has 6 nitrogen and oxygen atoms in total. The van der Waals surface area contributed by atoms with Crippen LogP contribution in [0.25, 0.3) is 0 Å². The van der Waals surface area contributed by atoms with Gasteiger partial charge in [0.1, 0.15) is 0 Å². The first-order valence-electron chi connectivity index (χ1n) is 9.65. The molecule has 1 atom stereocenters. The molecule has 26 heavy (non-hydrogen) atoms. The molecule has 2 aliphatic carbocycles. The van der Waals surface area contributed by atoms with Gasteiger partial charge in [0, 0.05) is 42.8 Å². The Morgan fingerprint density at radius 2 is 1.88 bits per heavy atom. The van der Waals surface area contributed by atoms with Crippen molar-refractivity contribution in [3.8, 4) is 0 Å². The summed E-state index contributed by atoms with van der Waals surface area (Å²) in [5.74, 6) is 0.205. The Labute approximate surface area is 152 Å². The van der Waals surface area contributed by atoms with Gasteiger partial charge in [0.2, 0.25) is 17.7 Å². The van der Waals surface area contributed by atoms with E-state index in [4.69, 9.17) is 0 Å². The molecule has 4 aliphatic rings. The average molecular weight is 353 g/mol. The minimum absolute atomic E-state index is 0.00445. The molecule has 1 aromatic rings. The fourth-order valence-corrected chi connectivity index (χ4v) is 4.02. The Kier molecular flexibility index (Phi) is 3.55. The Morgan fingerprint density at radius 1 is 1.08 bits per heavy atom. The molecule has 1 saturated heterocycles. The Bertz CT molecular complexity index is 797. The van der Waals surface area contributed by atoms with E-state index in [1.807, 2.05) is 23.1 Å². The largest absolute Gasteiger partial charge is 0.353 e. The standard InChI is InChI=1S/C20H23N3O3/c24-18-10-14(19(25)21-15-3-4-15)11-23(18)16-5-6-17-13(9-16)7-8-22(17)20(26)12-1-2-12/h5-6,9,12,14-15H,1-4,7-8,10-11H2,(H,21,25)/t14-/m0/s1. The van der Waals surface area contributed by atoms with E-state index in [9.17, 15) is 14.4 Å². The van der Waals surface area contributed by atoms with E-state index in [-0.39, 0.29) is 36.0 Å². The van der Waals surface area contributed by atoms with Crippen LogP contribution in [0.15, 0.2) is 18.2 Å². The second-order valence-electron chi connectivity index (χ2n) is 8.02. The molecule has 0 bridgehead atoms. The van der Waals surface area contributed by atoms with Crippen molar-refractivity contribution >= 4 is 29.1 Å². The summed E-state index contributed by atoms with van der Waals surface area (Å²) in [6.07, 6.45) is 5.23. The van der Waals surface area contributed by atoms with Gasteiger partial charge in [-0.05, 0) is 55.9 Å². The molecule has 0 aromatic heterocycles. The zero-order valence-electron chi connectivity index (χ0n) is 14.7. The Morgan fingerprint density at radius 3 is 2.62 bits per heavy atom. The van der Waals surface area contributed by atoms with Gasteiger partial charge in [0.05, 0.1) is 5.92 Å². The van der Waals surface area contributed by atoms with Crippen molar-refractivity contribution in [1.29, 1.82) is 0 Å². The first-order chi connectivity index (χ1) is 12.6. The van der Waals surface area contributed by atoms with E-state index in [0.717, 1.165) is 55.6 Å². The first-order valence-corrected chi connectivity index (χ1v) is 9.65. The van der Waals surface area contributed by atoms with Gasteiger partial charge in [-0.15, -0.1) is 0 Å². The van der Waals surface area contributed by atoms with Gasteiger partial charge in [0.25, 0.3) is 0 Å². The maximum absolute atomic E-state index is 12.4. The van der Waals surface area contributed by atoms with Crippen molar-refractivity contribution in [3.05, 3.63) is 23.8 Å². The van der Waals surface area contributed by atoms with E-state index in [2.05, 4.69) is 5.32 Å². The number of amides is 3. The van der Waals surface area contributed by atoms with Crippen LogP contribution >= 0.6 is 0 Å². The molecule has 0 spiro atoms. The summed E-state index contributed by atoms with van der Waals surface area (Å²) >= 11 is 0. The second kappa shape index (κ2) is 5.83. The first kappa shape index (κ1) is 15.9. The summed E-state index contributed by atoms with van der Waals surface area (Å²) in [6, 6.07) is 6.22. The van der Waals surface area contributed by atoms with Gasteiger partial charge in [0.15, 0.2) is 0 Å². The van der Waals surface area contributed by atoms with Crippen molar-refractivity contribution in [1.82, 2.24) is 5.32 Å². The molecule has 0 unspecified atom stereocenters. The third-order valence-corrected chi connectivity index (χ3v) is 5.88. The number of rotatable bonds is 4. The maximum Gasteiger partial charge on any atom is 0.230 e. The normalized spacial score (nSPS) is 24.8. The molecule has 3 fully saturated rings. The lowest BCUT2D eigenvalue weighted by atomic mass is 10.1. The lowest BCUT2D eigenvalue weighted by Gasteiger charge is -2.20. The van der Waals surface area contributed by atoms with Crippen LogP contribution in [-0.4, -0.2) is 36.9 Å². The highest BCUT2D eigenvalue weighted by molar-refractivity contribution is 6.02. The maximum atomic E-state index is 12.4. The average Bonchev–Trinajstić information content (AvgIpc) is 3.55. The number of anilines is 2. The third-order valence-electron chi connectivity index (χ3n) is 5.88. The third kappa shape index (κ3) is 2.77. The quantitative estimate of drug-likeness (QED) is 0.894. The number of nitrogens with one attached hydrogen (secondary N) is 1. The lowest BCUT2D eigenvalue weighted by molar-refractivity contribution is -0.126. The lowest BCUT2D eigenvalue weighted by Crippen LogP contribution is -2.34. The van der Waals surface area contributed by atoms with Crippen LogP contribution in [0.5, 0.6) is 0 Å². The van der Waals surface area contributed by atoms with Crippen LogP contribution in [0.1, 0.15) is 37.7 Å².